The molecule has 1 aromatic rings. The van der Waals surface area contributed by atoms with Crippen molar-refractivity contribution in [1.82, 2.24) is 9.55 Å². The standard InChI is InChI=1S/C15H19N3O8/c1-6(19)23-10(12(16)21)8-9-11(26-15(2,3)25-9)13(24-8)18-5-4-7(20)17-14(18)22/h4-5,8-11,13H,1-3H3,(H2,16,21)(H,17,20,22)/t8-,9+,10-,11+,13+/m0/s1. The molecule has 2 saturated heterocycles. The van der Waals surface area contributed by atoms with Crippen LogP contribution in [0.4, 0.5) is 0 Å². The first-order chi connectivity index (χ1) is 12.1. The average molecular weight is 369 g/mol. The van der Waals surface area contributed by atoms with E-state index in [-0.39, 0.29) is 0 Å². The molecule has 0 spiro atoms. The first-order valence-corrected chi connectivity index (χ1v) is 7.88. The number of rotatable bonds is 4. The number of esters is 1. The summed E-state index contributed by atoms with van der Waals surface area (Å²) < 4.78 is 23.4. The highest BCUT2D eigenvalue weighted by Gasteiger charge is 2.59. The molecule has 26 heavy (non-hydrogen) atoms. The van der Waals surface area contributed by atoms with Crippen LogP contribution in [-0.4, -0.2) is 51.6 Å². The smallest absolute Gasteiger partial charge is 0.330 e. The van der Waals surface area contributed by atoms with Crippen LogP contribution in [0.5, 0.6) is 0 Å². The summed E-state index contributed by atoms with van der Waals surface area (Å²) in [4.78, 5) is 48.6. The molecule has 0 bridgehead atoms. The van der Waals surface area contributed by atoms with Gasteiger partial charge in [0.05, 0.1) is 0 Å². The molecule has 2 aliphatic heterocycles. The number of hydrogen-bond donors (Lipinski definition) is 2. The van der Waals surface area contributed by atoms with Crippen molar-refractivity contribution in [3.63, 3.8) is 0 Å². The van der Waals surface area contributed by atoms with E-state index in [1.165, 1.54) is 6.20 Å². The number of nitrogens with two attached hydrogens (primary N) is 1. The molecular formula is C15H19N3O8. The third-order valence-corrected chi connectivity index (χ3v) is 4.06. The number of carbonyl (C=O) groups excluding carboxylic acids is 2. The molecular weight excluding hydrogens is 350 g/mol. The summed E-state index contributed by atoms with van der Waals surface area (Å²) in [5.41, 5.74) is 4.04. The number of ether oxygens (including phenoxy) is 4. The number of hydrogen-bond acceptors (Lipinski definition) is 8. The summed E-state index contributed by atoms with van der Waals surface area (Å²) >= 11 is 0. The molecule has 0 aromatic carbocycles. The minimum absolute atomic E-state index is 0.573. The zero-order valence-corrected chi connectivity index (χ0v) is 14.3. The Hall–Kier alpha value is -2.50. The second kappa shape index (κ2) is 6.34. The van der Waals surface area contributed by atoms with Crippen molar-refractivity contribution in [2.75, 3.05) is 0 Å². The van der Waals surface area contributed by atoms with Gasteiger partial charge in [-0.25, -0.2) is 4.79 Å². The van der Waals surface area contributed by atoms with Gasteiger partial charge in [0, 0.05) is 19.2 Å². The summed E-state index contributed by atoms with van der Waals surface area (Å²) in [6.45, 7) is 4.43. The molecule has 3 N–H and O–H groups in total. The molecule has 5 atom stereocenters. The second-order valence-corrected chi connectivity index (χ2v) is 6.51. The highest BCUT2D eigenvalue weighted by Crippen LogP contribution is 2.43. The van der Waals surface area contributed by atoms with Gasteiger partial charge in [0.2, 0.25) is 6.10 Å². The Kier molecular flexibility index (Phi) is 4.46. The molecule has 3 rings (SSSR count). The predicted octanol–water partition coefficient (Wildman–Crippen LogP) is -1.63. The van der Waals surface area contributed by atoms with Crippen LogP contribution in [-0.2, 0) is 28.5 Å². The van der Waals surface area contributed by atoms with Crippen molar-refractivity contribution < 1.29 is 28.5 Å². The average Bonchev–Trinajstić information content (AvgIpc) is 2.98. The van der Waals surface area contributed by atoms with Crippen molar-refractivity contribution >= 4 is 11.9 Å². The lowest BCUT2D eigenvalue weighted by Crippen LogP contribution is -2.48. The Labute approximate surface area is 147 Å². The van der Waals surface area contributed by atoms with Gasteiger partial charge in [-0.3, -0.25) is 23.9 Å². The highest BCUT2D eigenvalue weighted by molar-refractivity contribution is 5.82. The van der Waals surface area contributed by atoms with E-state index in [0.29, 0.717) is 0 Å². The molecule has 0 radical (unpaired) electrons. The van der Waals surface area contributed by atoms with Gasteiger partial charge in [0.25, 0.3) is 11.5 Å². The third kappa shape index (κ3) is 3.28. The zero-order valence-electron chi connectivity index (χ0n) is 14.3. The lowest BCUT2D eigenvalue weighted by Gasteiger charge is -2.27. The van der Waals surface area contributed by atoms with Crippen molar-refractivity contribution in [2.24, 2.45) is 5.73 Å². The third-order valence-electron chi connectivity index (χ3n) is 4.06. The number of primary amides is 1. The number of nitrogens with one attached hydrogen (secondary N) is 1. The Morgan fingerprint density at radius 2 is 1.96 bits per heavy atom. The molecule has 1 aromatic heterocycles. The highest BCUT2D eigenvalue weighted by atomic mass is 16.8. The van der Waals surface area contributed by atoms with Crippen LogP contribution in [0.25, 0.3) is 0 Å². The topological polar surface area (TPSA) is 152 Å². The summed E-state index contributed by atoms with van der Waals surface area (Å²) in [6, 6.07) is 1.14. The van der Waals surface area contributed by atoms with Crippen LogP contribution in [0.1, 0.15) is 27.0 Å². The zero-order chi connectivity index (χ0) is 19.2. The largest absolute Gasteiger partial charge is 0.449 e. The van der Waals surface area contributed by atoms with E-state index in [2.05, 4.69) is 4.98 Å². The summed E-state index contributed by atoms with van der Waals surface area (Å²) in [7, 11) is 0. The van der Waals surface area contributed by atoms with E-state index in [0.717, 1.165) is 17.6 Å². The maximum absolute atomic E-state index is 12.1. The van der Waals surface area contributed by atoms with Crippen LogP contribution in [0.3, 0.4) is 0 Å². The number of H-pyrrole nitrogens is 1. The Morgan fingerprint density at radius 3 is 2.54 bits per heavy atom. The summed E-state index contributed by atoms with van der Waals surface area (Å²) in [5, 5.41) is 0. The molecule has 2 fully saturated rings. The van der Waals surface area contributed by atoms with Gasteiger partial charge in [0.15, 0.2) is 12.0 Å². The summed E-state index contributed by atoms with van der Waals surface area (Å²) in [6.07, 6.45) is -3.92. The number of carbonyl (C=O) groups is 2. The maximum atomic E-state index is 12.1. The number of aromatic amines is 1. The Bertz CT molecular complexity index is 844. The van der Waals surface area contributed by atoms with Crippen LogP contribution < -0.4 is 17.0 Å². The monoisotopic (exact) mass is 369 g/mol. The summed E-state index contributed by atoms with van der Waals surface area (Å²) in [5.74, 6) is -2.68. The van der Waals surface area contributed by atoms with E-state index < -0.39 is 59.6 Å². The van der Waals surface area contributed by atoms with Crippen LogP contribution >= 0.6 is 0 Å². The fraction of sp³-hybridized carbons (Fsp3) is 0.600. The van der Waals surface area contributed by atoms with E-state index in [1.807, 2.05) is 0 Å². The molecule has 0 saturated carbocycles. The number of amides is 1. The maximum Gasteiger partial charge on any atom is 0.330 e. The molecule has 1 amide bonds. The van der Waals surface area contributed by atoms with Crippen molar-refractivity contribution in [2.45, 2.75) is 57.2 Å². The lowest BCUT2D eigenvalue weighted by molar-refractivity contribution is -0.211. The minimum atomic E-state index is -1.43. The van der Waals surface area contributed by atoms with Crippen molar-refractivity contribution in [1.29, 1.82) is 0 Å². The quantitative estimate of drug-likeness (QED) is 0.600. The molecule has 11 nitrogen and oxygen atoms in total. The first-order valence-electron chi connectivity index (χ1n) is 7.88. The van der Waals surface area contributed by atoms with E-state index in [1.54, 1.807) is 13.8 Å². The molecule has 11 heteroatoms. The molecule has 2 aliphatic rings. The van der Waals surface area contributed by atoms with Crippen LogP contribution in [0, 0.1) is 0 Å². The minimum Gasteiger partial charge on any atom is -0.449 e. The van der Waals surface area contributed by atoms with Gasteiger partial charge in [-0.15, -0.1) is 0 Å². The van der Waals surface area contributed by atoms with Crippen molar-refractivity contribution in [3.05, 3.63) is 33.1 Å². The number of aromatic nitrogens is 2. The SMILES string of the molecule is CC(=O)O[C@H](C(N)=O)[C@H]1O[C@@H](n2ccc(=O)[nH]c2=O)[C@@H]2OC(C)(C)O[C@@H]21. The Morgan fingerprint density at radius 1 is 1.31 bits per heavy atom. The van der Waals surface area contributed by atoms with Gasteiger partial charge >= 0.3 is 11.7 Å². The first kappa shape index (κ1) is 18.3. The van der Waals surface area contributed by atoms with Gasteiger partial charge in [-0.05, 0) is 13.8 Å². The molecule has 0 unspecified atom stereocenters. The second-order valence-electron chi connectivity index (χ2n) is 6.51. The van der Waals surface area contributed by atoms with Gasteiger partial charge in [-0.1, -0.05) is 0 Å². The lowest BCUT2D eigenvalue weighted by atomic mass is 10.0. The van der Waals surface area contributed by atoms with Crippen LogP contribution in [0.15, 0.2) is 21.9 Å². The fourth-order valence-electron chi connectivity index (χ4n) is 3.17. The molecule has 3 heterocycles. The van der Waals surface area contributed by atoms with Gasteiger partial charge < -0.3 is 24.7 Å². The van der Waals surface area contributed by atoms with Crippen LogP contribution in [0.2, 0.25) is 0 Å². The van der Waals surface area contributed by atoms with E-state index >= 15 is 0 Å². The van der Waals surface area contributed by atoms with E-state index in [9.17, 15) is 19.2 Å². The molecule has 142 valence electrons. The normalized spacial score (nSPS) is 30.6. The Balaban J connectivity index is 2.00. The van der Waals surface area contributed by atoms with E-state index in [4.69, 9.17) is 24.7 Å². The van der Waals surface area contributed by atoms with Gasteiger partial charge in [-0.2, -0.15) is 0 Å². The number of fused-ring (bicyclic) bond motifs is 1. The number of nitrogens with zero attached hydrogens (tertiary/aromatic N) is 1. The van der Waals surface area contributed by atoms with Crippen molar-refractivity contribution in [3.8, 4) is 0 Å². The fourth-order valence-corrected chi connectivity index (χ4v) is 3.17. The molecule has 0 aliphatic carbocycles. The van der Waals surface area contributed by atoms with Gasteiger partial charge in [0.1, 0.15) is 18.3 Å². The predicted molar refractivity (Wildman–Crippen MR) is 83.8 cm³/mol.